The van der Waals surface area contributed by atoms with Crippen molar-refractivity contribution in [2.45, 2.75) is 0 Å². The van der Waals surface area contributed by atoms with E-state index >= 15 is 0 Å². The van der Waals surface area contributed by atoms with E-state index in [1.165, 1.54) is 0 Å². The summed E-state index contributed by atoms with van der Waals surface area (Å²) in [4.78, 5) is 0. The number of hydrogen-bond acceptors (Lipinski definition) is 3. The van der Waals surface area contributed by atoms with Crippen molar-refractivity contribution in [1.82, 2.24) is 0 Å². The second-order valence-electron chi connectivity index (χ2n) is 0.204. The molecule has 3 nitrogen and oxygen atoms in total. The molecule has 0 aliphatic rings. The van der Waals surface area contributed by atoms with Gasteiger partial charge in [-0.15, -0.1) is 0 Å². The summed E-state index contributed by atoms with van der Waals surface area (Å²) in [5.41, 5.74) is 0. The van der Waals surface area contributed by atoms with Gasteiger partial charge in [-0.2, -0.15) is 0 Å². The zero-order chi connectivity index (χ0) is 3.58. The zero-order valence-electron chi connectivity index (χ0n) is 3.63. The Labute approximate surface area is 88.6 Å². The topological polar surface area (TPSA) is 69.2 Å². The van der Waals surface area contributed by atoms with Crippen LogP contribution in [0.15, 0.2) is 0 Å². The molecule has 0 N–H and O–H groups in total. The van der Waals surface area contributed by atoms with Crippen LogP contribution in [0, 0.1) is 0 Å². The van der Waals surface area contributed by atoms with Crippen molar-refractivity contribution < 1.29 is 69.5 Å². The molecule has 0 radical (unpaired) electrons. The SMILES string of the molecule is [Na+].[Na+].[O-][Te+]([O-])[O-]. The molecule has 0 saturated heterocycles. The minimum atomic E-state index is -4.11. The first-order chi connectivity index (χ1) is 1.73. The molecular formula is Na2O3Te. The molecule has 0 aromatic rings. The van der Waals surface area contributed by atoms with E-state index < -0.39 is 20.8 Å². The van der Waals surface area contributed by atoms with Gasteiger partial charge in [0.15, 0.2) is 0 Å². The molecule has 0 aliphatic heterocycles. The minimum absolute atomic E-state index is 0. The molecule has 0 rings (SSSR count). The molecule has 0 atom stereocenters. The molecule has 0 aromatic heterocycles. The monoisotopic (exact) mass is 224 g/mol. The third-order valence-corrected chi connectivity index (χ3v) is 0. The van der Waals surface area contributed by atoms with Gasteiger partial charge in [0.2, 0.25) is 0 Å². The Balaban J connectivity index is -0.0000000450. The van der Waals surface area contributed by atoms with Gasteiger partial charge in [-0.25, -0.2) is 0 Å². The van der Waals surface area contributed by atoms with E-state index in [2.05, 4.69) is 0 Å². The Morgan fingerprint density at radius 2 is 0.833 bits per heavy atom. The summed E-state index contributed by atoms with van der Waals surface area (Å²) in [5, 5.41) is 0. The number of rotatable bonds is 0. The fourth-order valence-electron chi connectivity index (χ4n) is 0. The Bertz CT molecular complexity index is 13.5. The van der Waals surface area contributed by atoms with Crippen molar-refractivity contribution in [1.29, 1.82) is 0 Å². The van der Waals surface area contributed by atoms with Crippen LogP contribution >= 0.6 is 0 Å². The molecule has 0 unspecified atom stereocenters. The van der Waals surface area contributed by atoms with Crippen LogP contribution < -0.4 is 69.5 Å². The van der Waals surface area contributed by atoms with Crippen LogP contribution in [0.4, 0.5) is 0 Å². The zero-order valence-corrected chi connectivity index (χ0v) is 9.96. The van der Waals surface area contributed by atoms with Crippen molar-refractivity contribution in [3.63, 3.8) is 0 Å². The third-order valence-electron chi connectivity index (χ3n) is 0. The molecule has 0 aliphatic carbocycles. The van der Waals surface area contributed by atoms with Crippen LogP contribution in [0.25, 0.3) is 0 Å². The molecular weight excluding hydrogens is 222 g/mol. The quantitative estimate of drug-likeness (QED) is 0.382. The Morgan fingerprint density at radius 1 is 0.833 bits per heavy atom. The van der Waals surface area contributed by atoms with Gasteiger partial charge in [0.05, 0.1) is 0 Å². The van der Waals surface area contributed by atoms with Gasteiger partial charge < -0.3 is 0 Å². The average molecular weight is 222 g/mol. The molecule has 6 heteroatoms. The third kappa shape index (κ3) is 30.1. The van der Waals surface area contributed by atoms with E-state index in [-0.39, 0.29) is 59.1 Å². The maximum atomic E-state index is 8.59. The van der Waals surface area contributed by atoms with E-state index in [1.807, 2.05) is 0 Å². The molecule has 0 fully saturated rings. The summed E-state index contributed by atoms with van der Waals surface area (Å²) in [6, 6.07) is 0. The Hall–Kier alpha value is 2.67. The van der Waals surface area contributed by atoms with Crippen LogP contribution in [0.1, 0.15) is 0 Å². The first-order valence-electron chi connectivity index (χ1n) is 0.500. The van der Waals surface area contributed by atoms with E-state index in [9.17, 15) is 0 Å². The molecule has 0 bridgehead atoms. The maximum absolute atomic E-state index is 8.59. The standard InChI is InChI=1S/2Na.H2O3Te/c;;1-4(2)3/h;;(H2,1,2,3)/q2*+1;/p-2. The molecule has 0 aromatic carbocycles. The summed E-state index contributed by atoms with van der Waals surface area (Å²) in [7, 11) is 0. The van der Waals surface area contributed by atoms with Gasteiger partial charge in [0.1, 0.15) is 0 Å². The molecule has 0 amide bonds. The van der Waals surface area contributed by atoms with E-state index in [4.69, 9.17) is 10.4 Å². The van der Waals surface area contributed by atoms with Crippen LogP contribution in [0.3, 0.4) is 0 Å². The molecule has 0 heterocycles. The molecule has 26 valence electrons. The first-order valence-corrected chi connectivity index (χ1v) is 3.35. The molecule has 0 saturated carbocycles. The predicted molar refractivity (Wildman–Crippen MR) is 5.75 cm³/mol. The van der Waals surface area contributed by atoms with E-state index in [1.54, 1.807) is 0 Å². The van der Waals surface area contributed by atoms with Crippen molar-refractivity contribution in [3.05, 3.63) is 0 Å². The first kappa shape index (κ1) is 15.9. The Morgan fingerprint density at radius 3 is 0.833 bits per heavy atom. The van der Waals surface area contributed by atoms with Crippen molar-refractivity contribution in [2.24, 2.45) is 0 Å². The van der Waals surface area contributed by atoms with Crippen LogP contribution in [-0.2, 0) is 0 Å². The van der Waals surface area contributed by atoms with Gasteiger partial charge in [-0.05, 0) is 0 Å². The normalized spacial score (nSPS) is 6.00. The van der Waals surface area contributed by atoms with Gasteiger partial charge in [-0.1, -0.05) is 0 Å². The van der Waals surface area contributed by atoms with E-state index in [0.717, 1.165) is 0 Å². The van der Waals surface area contributed by atoms with Crippen molar-refractivity contribution in [2.75, 3.05) is 0 Å². The summed E-state index contributed by atoms with van der Waals surface area (Å²) in [6.45, 7) is 0. The van der Waals surface area contributed by atoms with Crippen LogP contribution in [0.5, 0.6) is 0 Å². The average Bonchev–Trinajstić information content (AvgIpc) is 0.811. The van der Waals surface area contributed by atoms with Crippen LogP contribution in [-0.4, -0.2) is 20.8 Å². The number of hydrogen-bond donors (Lipinski definition) is 0. The summed E-state index contributed by atoms with van der Waals surface area (Å²) in [6.07, 6.45) is 0. The predicted octanol–water partition coefficient (Wildman–Crippen LogP) is -9.94. The fraction of sp³-hybridized carbons (Fsp3) is 0. The van der Waals surface area contributed by atoms with Gasteiger partial charge in [0.25, 0.3) is 0 Å². The summed E-state index contributed by atoms with van der Waals surface area (Å²) < 4.78 is 25.8. The molecule has 0 spiro atoms. The second-order valence-corrected chi connectivity index (χ2v) is 1.37. The van der Waals surface area contributed by atoms with Gasteiger partial charge in [0, 0.05) is 0 Å². The van der Waals surface area contributed by atoms with Crippen molar-refractivity contribution >= 4 is 20.8 Å². The van der Waals surface area contributed by atoms with Crippen LogP contribution in [0.2, 0.25) is 0 Å². The van der Waals surface area contributed by atoms with Crippen molar-refractivity contribution in [3.8, 4) is 0 Å². The van der Waals surface area contributed by atoms with Gasteiger partial charge >= 0.3 is 90.3 Å². The Kier molecular flexibility index (Phi) is 28.1. The fourth-order valence-corrected chi connectivity index (χ4v) is 0. The summed E-state index contributed by atoms with van der Waals surface area (Å²) in [5.74, 6) is 0. The van der Waals surface area contributed by atoms with E-state index in [0.29, 0.717) is 0 Å². The van der Waals surface area contributed by atoms with Gasteiger partial charge in [-0.3, -0.25) is 0 Å². The molecule has 6 heavy (non-hydrogen) atoms. The second kappa shape index (κ2) is 10.6. The summed E-state index contributed by atoms with van der Waals surface area (Å²) >= 11 is -4.11.